The number of urea groups is 1. The van der Waals surface area contributed by atoms with Crippen LogP contribution in [0.4, 0.5) is 44.1 Å². The molecule has 2 aliphatic heterocycles. The SMILES string of the molecule is Cc1c([C@@H](NC(=O)Nc2cnc(NCCOCCNc3ccc4c(c3)CN(C3CCC(=O)NC3=O)C4O)nc2)C(F)(F)F)oc2c(F)cc(F)cc12. The number of aryl methyl sites for hydroxylation is 1. The van der Waals surface area contributed by atoms with Crippen molar-refractivity contribution < 1.29 is 50.6 Å². The Balaban J connectivity index is 0.915. The zero-order valence-corrected chi connectivity index (χ0v) is 27.4. The summed E-state index contributed by atoms with van der Waals surface area (Å²) < 4.78 is 80.3. The molecule has 14 nitrogen and oxygen atoms in total. The van der Waals surface area contributed by atoms with Gasteiger partial charge in [-0.05, 0) is 37.1 Å². The summed E-state index contributed by atoms with van der Waals surface area (Å²) in [6, 6.07) is 2.31. The van der Waals surface area contributed by atoms with E-state index in [1.54, 1.807) is 16.3 Å². The third-order valence-electron chi connectivity index (χ3n) is 8.57. The number of nitrogens with zero attached hydrogens (tertiary/aromatic N) is 3. The number of fused-ring (bicyclic) bond motifs is 2. The molecule has 0 saturated carbocycles. The van der Waals surface area contributed by atoms with Gasteiger partial charge in [-0.15, -0.1) is 0 Å². The zero-order chi connectivity index (χ0) is 37.2. The van der Waals surface area contributed by atoms with Crippen molar-refractivity contribution in [1.82, 2.24) is 25.5 Å². The number of furan rings is 1. The summed E-state index contributed by atoms with van der Waals surface area (Å²) >= 11 is 0. The number of benzene rings is 2. The van der Waals surface area contributed by atoms with Crippen LogP contribution in [0.3, 0.4) is 0 Å². The number of amides is 4. The van der Waals surface area contributed by atoms with Crippen LogP contribution in [0.1, 0.15) is 47.6 Å². The molecule has 0 bridgehead atoms. The molecule has 0 spiro atoms. The number of piperidine rings is 1. The maximum atomic E-state index is 14.1. The Kier molecular flexibility index (Phi) is 10.5. The molecular weight excluding hydrogens is 699 g/mol. The van der Waals surface area contributed by atoms with Crippen molar-refractivity contribution in [3.8, 4) is 0 Å². The number of imide groups is 1. The minimum absolute atomic E-state index is 0.0227. The molecule has 2 aromatic carbocycles. The van der Waals surface area contributed by atoms with Crippen LogP contribution in [-0.4, -0.2) is 76.3 Å². The normalized spacial score (nSPS) is 18.2. The predicted octanol–water partition coefficient (Wildman–Crippen LogP) is 4.39. The van der Waals surface area contributed by atoms with Gasteiger partial charge in [0.25, 0.3) is 0 Å². The Morgan fingerprint density at radius 3 is 2.54 bits per heavy atom. The second kappa shape index (κ2) is 15.1. The van der Waals surface area contributed by atoms with E-state index in [0.29, 0.717) is 44.3 Å². The van der Waals surface area contributed by atoms with E-state index in [4.69, 9.17) is 9.15 Å². The van der Waals surface area contributed by atoms with E-state index in [0.717, 1.165) is 17.3 Å². The highest BCUT2D eigenvalue weighted by Crippen LogP contribution is 2.40. The fourth-order valence-electron chi connectivity index (χ4n) is 6.07. The van der Waals surface area contributed by atoms with Crippen LogP contribution in [0.5, 0.6) is 0 Å². The maximum Gasteiger partial charge on any atom is 0.416 e. The second-order valence-electron chi connectivity index (χ2n) is 12.1. The summed E-state index contributed by atoms with van der Waals surface area (Å²) in [5, 5.41) is 23.0. The van der Waals surface area contributed by atoms with Crippen LogP contribution in [0, 0.1) is 18.6 Å². The first-order valence-corrected chi connectivity index (χ1v) is 16.1. The van der Waals surface area contributed by atoms with Gasteiger partial charge in [0.1, 0.15) is 17.8 Å². The van der Waals surface area contributed by atoms with E-state index in [-0.39, 0.29) is 41.5 Å². The maximum absolute atomic E-state index is 14.1. The van der Waals surface area contributed by atoms with E-state index in [1.807, 2.05) is 12.1 Å². The number of rotatable bonds is 12. The first-order valence-electron chi connectivity index (χ1n) is 16.1. The van der Waals surface area contributed by atoms with Gasteiger partial charge in [0.05, 0.1) is 37.3 Å². The standard InChI is InChI=1S/C33H33F5N8O6/c1-16-22-11-18(34)12-23(35)27(22)52-26(16)28(33(36,37)38)45-32(50)43-20-13-41-31(42-14-20)40-7-9-51-8-6-39-19-2-3-21-17(10-19)15-46(30(21)49)24-4-5-25(47)44-29(24)48/h2-3,10-14,24,28,30,39,49H,4-9,15H2,1H3,(H,40,41,42)(H2,43,45,50)(H,44,47,48)/t24?,28-,30?/m1/s1. The molecule has 0 aliphatic carbocycles. The zero-order valence-electron chi connectivity index (χ0n) is 27.4. The number of hydrogen-bond donors (Lipinski definition) is 6. The third-order valence-corrected chi connectivity index (χ3v) is 8.57. The number of carbonyl (C=O) groups is 3. The lowest BCUT2D eigenvalue weighted by molar-refractivity contribution is -0.158. The molecule has 4 amide bonds. The number of halogens is 5. The molecule has 52 heavy (non-hydrogen) atoms. The first-order chi connectivity index (χ1) is 24.8. The first kappa shape index (κ1) is 36.4. The highest BCUT2D eigenvalue weighted by molar-refractivity contribution is 6.00. The number of aliphatic hydroxyl groups is 1. The Morgan fingerprint density at radius 2 is 1.83 bits per heavy atom. The van der Waals surface area contributed by atoms with Crippen molar-refractivity contribution in [1.29, 1.82) is 0 Å². The quantitative estimate of drug-likeness (QED) is 0.0691. The van der Waals surface area contributed by atoms with E-state index < -0.39 is 59.4 Å². The van der Waals surface area contributed by atoms with E-state index in [1.165, 1.54) is 19.3 Å². The van der Waals surface area contributed by atoms with Crippen LogP contribution in [0.25, 0.3) is 11.0 Å². The minimum atomic E-state index is -5.04. The molecule has 1 fully saturated rings. The molecule has 0 radical (unpaired) electrons. The van der Waals surface area contributed by atoms with Gasteiger partial charge in [0.2, 0.25) is 17.8 Å². The van der Waals surface area contributed by atoms with Gasteiger partial charge < -0.3 is 35.5 Å². The molecule has 4 aromatic rings. The topological polar surface area (TPSA) is 183 Å². The van der Waals surface area contributed by atoms with E-state index in [9.17, 15) is 41.4 Å². The van der Waals surface area contributed by atoms with Gasteiger partial charge in [-0.2, -0.15) is 13.2 Å². The number of anilines is 3. The molecule has 6 N–H and O–H groups in total. The van der Waals surface area contributed by atoms with Gasteiger partial charge in [0.15, 0.2) is 17.4 Å². The Labute approximate surface area is 292 Å². The molecule has 276 valence electrons. The number of hydrogen-bond acceptors (Lipinski definition) is 11. The minimum Gasteiger partial charge on any atom is -0.455 e. The van der Waals surface area contributed by atoms with Gasteiger partial charge >= 0.3 is 12.2 Å². The summed E-state index contributed by atoms with van der Waals surface area (Å²) in [5.74, 6) is -3.52. The average molecular weight is 733 g/mol. The molecule has 4 heterocycles. The fraction of sp³-hybridized carbons (Fsp3) is 0.364. The average Bonchev–Trinajstić information content (AvgIpc) is 3.59. The predicted molar refractivity (Wildman–Crippen MR) is 175 cm³/mol. The van der Waals surface area contributed by atoms with Crippen LogP contribution >= 0.6 is 0 Å². The van der Waals surface area contributed by atoms with Crippen molar-refractivity contribution in [3.63, 3.8) is 0 Å². The van der Waals surface area contributed by atoms with E-state index in [2.05, 4.69) is 31.2 Å². The van der Waals surface area contributed by atoms with Crippen LogP contribution < -0.4 is 26.6 Å². The van der Waals surface area contributed by atoms with Crippen molar-refractivity contribution in [2.24, 2.45) is 0 Å². The smallest absolute Gasteiger partial charge is 0.416 e. The highest BCUT2D eigenvalue weighted by Gasteiger charge is 2.46. The van der Waals surface area contributed by atoms with Crippen molar-refractivity contribution in [2.75, 3.05) is 42.3 Å². The van der Waals surface area contributed by atoms with Gasteiger partial charge in [-0.1, -0.05) is 6.07 Å². The second-order valence-corrected chi connectivity index (χ2v) is 12.1. The van der Waals surface area contributed by atoms with Crippen LogP contribution in [0.2, 0.25) is 0 Å². The van der Waals surface area contributed by atoms with Crippen LogP contribution in [-0.2, 0) is 20.9 Å². The Bertz CT molecular complexity index is 1970. The molecular formula is C33H33F5N8O6. The molecule has 19 heteroatoms. The summed E-state index contributed by atoms with van der Waals surface area (Å²) in [6.07, 6.45) is -3.07. The third kappa shape index (κ3) is 8.05. The molecule has 1 saturated heterocycles. The summed E-state index contributed by atoms with van der Waals surface area (Å²) in [7, 11) is 0. The number of ether oxygens (including phenoxy) is 1. The Morgan fingerprint density at radius 1 is 1.10 bits per heavy atom. The lowest BCUT2D eigenvalue weighted by Gasteiger charge is -2.31. The van der Waals surface area contributed by atoms with Crippen molar-refractivity contribution >= 4 is 46.1 Å². The summed E-state index contributed by atoms with van der Waals surface area (Å²) in [5.41, 5.74) is 1.61. The number of alkyl halides is 3. The van der Waals surface area contributed by atoms with Crippen LogP contribution in [0.15, 0.2) is 47.1 Å². The number of nitrogens with one attached hydrogen (secondary N) is 5. The largest absolute Gasteiger partial charge is 0.455 e. The number of carbonyl (C=O) groups excluding carboxylic acids is 3. The number of aliphatic hydroxyl groups excluding tert-OH is 1. The van der Waals surface area contributed by atoms with Gasteiger partial charge in [-0.25, -0.2) is 23.5 Å². The number of aromatic nitrogens is 2. The molecule has 2 unspecified atom stereocenters. The molecule has 2 aromatic heterocycles. The van der Waals surface area contributed by atoms with E-state index >= 15 is 0 Å². The summed E-state index contributed by atoms with van der Waals surface area (Å²) in [4.78, 5) is 46.0. The Hall–Kier alpha value is -5.40. The van der Waals surface area contributed by atoms with Gasteiger partial charge in [-0.3, -0.25) is 19.8 Å². The molecule has 6 rings (SSSR count). The molecule has 3 atom stereocenters. The fourth-order valence-corrected chi connectivity index (χ4v) is 6.07. The van der Waals surface area contributed by atoms with Gasteiger partial charge in [0, 0.05) is 54.3 Å². The molecule has 2 aliphatic rings. The lowest BCUT2D eigenvalue weighted by atomic mass is 10.0. The highest BCUT2D eigenvalue weighted by atomic mass is 19.4. The van der Waals surface area contributed by atoms with Crippen molar-refractivity contribution in [2.45, 2.75) is 50.8 Å². The lowest BCUT2D eigenvalue weighted by Crippen LogP contribution is -2.51. The van der Waals surface area contributed by atoms with Crippen molar-refractivity contribution in [3.05, 3.63) is 76.8 Å². The summed E-state index contributed by atoms with van der Waals surface area (Å²) in [6.45, 7) is 2.97. The monoisotopic (exact) mass is 732 g/mol.